The predicted octanol–water partition coefficient (Wildman–Crippen LogP) is 1.56. The first-order valence-corrected chi connectivity index (χ1v) is 6.57. The van der Waals surface area contributed by atoms with E-state index in [0.29, 0.717) is 12.6 Å². The molecule has 0 aromatic rings. The number of rotatable bonds is 4. The van der Waals surface area contributed by atoms with Gasteiger partial charge in [-0.1, -0.05) is 6.92 Å². The van der Waals surface area contributed by atoms with Gasteiger partial charge in [0.25, 0.3) is 0 Å². The van der Waals surface area contributed by atoms with E-state index in [1.54, 1.807) is 0 Å². The van der Waals surface area contributed by atoms with Crippen LogP contribution >= 0.6 is 0 Å². The molecular formula is C13H28N2O. The zero-order chi connectivity index (χ0) is 12.2. The Kier molecular flexibility index (Phi) is 5.22. The summed E-state index contributed by atoms with van der Waals surface area (Å²) >= 11 is 0. The molecule has 1 fully saturated rings. The Morgan fingerprint density at radius 1 is 1.38 bits per heavy atom. The Morgan fingerprint density at radius 2 is 2.06 bits per heavy atom. The first kappa shape index (κ1) is 13.9. The van der Waals surface area contributed by atoms with Crippen LogP contribution in [0.1, 0.15) is 40.0 Å². The molecule has 96 valence electrons. The third-order valence-corrected chi connectivity index (χ3v) is 3.77. The summed E-state index contributed by atoms with van der Waals surface area (Å²) in [4.78, 5) is 5.00. The molecule has 1 aliphatic rings. The standard InChI is InChI=1S/C13H28N2O/c1-5-8-15-12(6-10-16)11-14(4)9-7-13(15,2)3/h12,16H,5-11H2,1-4H3. The van der Waals surface area contributed by atoms with Crippen LogP contribution in [-0.4, -0.2) is 59.8 Å². The van der Waals surface area contributed by atoms with E-state index >= 15 is 0 Å². The summed E-state index contributed by atoms with van der Waals surface area (Å²) in [5.41, 5.74) is 0.264. The lowest BCUT2D eigenvalue weighted by Gasteiger charge is -2.42. The van der Waals surface area contributed by atoms with Gasteiger partial charge < -0.3 is 10.0 Å². The van der Waals surface area contributed by atoms with Crippen LogP contribution in [0.3, 0.4) is 0 Å². The fraction of sp³-hybridized carbons (Fsp3) is 1.00. The SMILES string of the molecule is CCCN1C(CCO)CN(C)CCC1(C)C. The quantitative estimate of drug-likeness (QED) is 0.791. The topological polar surface area (TPSA) is 26.7 Å². The third-order valence-electron chi connectivity index (χ3n) is 3.77. The summed E-state index contributed by atoms with van der Waals surface area (Å²) in [6.45, 7) is 10.6. The molecule has 0 radical (unpaired) electrons. The molecule has 1 N–H and O–H groups in total. The summed E-state index contributed by atoms with van der Waals surface area (Å²) in [7, 11) is 2.19. The first-order valence-electron chi connectivity index (χ1n) is 6.57. The Hall–Kier alpha value is -0.120. The molecule has 3 nitrogen and oxygen atoms in total. The second-order valence-electron chi connectivity index (χ2n) is 5.68. The highest BCUT2D eigenvalue weighted by Crippen LogP contribution is 2.27. The molecule has 0 saturated carbocycles. The number of likely N-dealkylation sites (N-methyl/N-ethyl adjacent to an activating group) is 1. The van der Waals surface area contributed by atoms with Gasteiger partial charge in [-0.2, -0.15) is 0 Å². The number of nitrogens with zero attached hydrogens (tertiary/aromatic N) is 2. The van der Waals surface area contributed by atoms with Crippen molar-refractivity contribution in [3.63, 3.8) is 0 Å². The average molecular weight is 228 g/mol. The zero-order valence-electron chi connectivity index (χ0n) is 11.4. The molecule has 1 atom stereocenters. The van der Waals surface area contributed by atoms with Crippen LogP contribution in [0.2, 0.25) is 0 Å². The molecular weight excluding hydrogens is 200 g/mol. The molecule has 0 bridgehead atoms. The van der Waals surface area contributed by atoms with E-state index in [0.717, 1.165) is 26.1 Å². The van der Waals surface area contributed by atoms with Crippen LogP contribution in [0.15, 0.2) is 0 Å². The highest BCUT2D eigenvalue weighted by molar-refractivity contribution is 4.91. The maximum atomic E-state index is 9.21. The zero-order valence-corrected chi connectivity index (χ0v) is 11.4. The van der Waals surface area contributed by atoms with Gasteiger partial charge in [0, 0.05) is 24.7 Å². The lowest BCUT2D eigenvalue weighted by molar-refractivity contribution is 0.0608. The summed E-state index contributed by atoms with van der Waals surface area (Å²) in [5.74, 6) is 0. The van der Waals surface area contributed by atoms with Gasteiger partial charge in [0.2, 0.25) is 0 Å². The van der Waals surface area contributed by atoms with E-state index in [-0.39, 0.29) is 5.54 Å². The van der Waals surface area contributed by atoms with Crippen molar-refractivity contribution in [3.8, 4) is 0 Å². The molecule has 16 heavy (non-hydrogen) atoms. The molecule has 1 unspecified atom stereocenters. The summed E-state index contributed by atoms with van der Waals surface area (Å²) in [5, 5.41) is 9.21. The van der Waals surface area contributed by atoms with Gasteiger partial charge in [0.05, 0.1) is 0 Å². The number of hydrogen-bond acceptors (Lipinski definition) is 3. The van der Waals surface area contributed by atoms with Gasteiger partial charge in [-0.15, -0.1) is 0 Å². The minimum Gasteiger partial charge on any atom is -0.396 e. The van der Waals surface area contributed by atoms with Crippen LogP contribution in [0.25, 0.3) is 0 Å². The van der Waals surface area contributed by atoms with E-state index in [1.807, 2.05) is 0 Å². The van der Waals surface area contributed by atoms with Gasteiger partial charge in [-0.05, 0) is 53.2 Å². The molecule has 0 amide bonds. The monoisotopic (exact) mass is 228 g/mol. The van der Waals surface area contributed by atoms with E-state index in [1.165, 1.54) is 12.8 Å². The molecule has 0 aromatic carbocycles. The van der Waals surface area contributed by atoms with Crippen molar-refractivity contribution >= 4 is 0 Å². The molecule has 1 heterocycles. The van der Waals surface area contributed by atoms with Gasteiger partial charge in [-0.25, -0.2) is 0 Å². The molecule has 1 saturated heterocycles. The molecule has 3 heteroatoms. The first-order chi connectivity index (χ1) is 7.51. The van der Waals surface area contributed by atoms with E-state index in [2.05, 4.69) is 37.6 Å². The van der Waals surface area contributed by atoms with Crippen LogP contribution in [-0.2, 0) is 0 Å². The lowest BCUT2D eigenvalue weighted by Crippen LogP contribution is -2.51. The maximum absolute atomic E-state index is 9.21. The van der Waals surface area contributed by atoms with Crippen LogP contribution in [0.5, 0.6) is 0 Å². The molecule has 1 aliphatic heterocycles. The van der Waals surface area contributed by atoms with E-state index in [9.17, 15) is 5.11 Å². The minimum atomic E-state index is 0.264. The van der Waals surface area contributed by atoms with Crippen LogP contribution < -0.4 is 0 Å². The fourth-order valence-electron chi connectivity index (χ4n) is 2.77. The molecule has 0 aromatic heterocycles. The Bertz CT molecular complexity index is 206. The minimum absolute atomic E-state index is 0.264. The maximum Gasteiger partial charge on any atom is 0.0446 e. The Morgan fingerprint density at radius 3 is 2.62 bits per heavy atom. The Balaban J connectivity index is 2.80. The lowest BCUT2D eigenvalue weighted by atomic mass is 9.96. The largest absolute Gasteiger partial charge is 0.396 e. The van der Waals surface area contributed by atoms with Gasteiger partial charge in [0.1, 0.15) is 0 Å². The predicted molar refractivity (Wildman–Crippen MR) is 68.7 cm³/mol. The van der Waals surface area contributed by atoms with Crippen molar-refractivity contribution in [2.75, 3.05) is 33.3 Å². The highest BCUT2D eigenvalue weighted by atomic mass is 16.3. The summed E-state index contributed by atoms with van der Waals surface area (Å²) < 4.78 is 0. The van der Waals surface area contributed by atoms with Gasteiger partial charge >= 0.3 is 0 Å². The molecule has 1 rings (SSSR count). The van der Waals surface area contributed by atoms with Gasteiger partial charge in [0.15, 0.2) is 0 Å². The second-order valence-corrected chi connectivity index (χ2v) is 5.68. The average Bonchev–Trinajstić information content (AvgIpc) is 2.31. The summed E-state index contributed by atoms with van der Waals surface area (Å²) in [6, 6.07) is 0.507. The fourth-order valence-corrected chi connectivity index (χ4v) is 2.77. The van der Waals surface area contributed by atoms with Crippen molar-refractivity contribution in [2.45, 2.75) is 51.6 Å². The van der Waals surface area contributed by atoms with E-state index < -0.39 is 0 Å². The van der Waals surface area contributed by atoms with Crippen molar-refractivity contribution in [3.05, 3.63) is 0 Å². The molecule has 0 spiro atoms. The van der Waals surface area contributed by atoms with Crippen LogP contribution in [0, 0.1) is 0 Å². The van der Waals surface area contributed by atoms with Crippen LogP contribution in [0.4, 0.5) is 0 Å². The van der Waals surface area contributed by atoms with Crippen molar-refractivity contribution in [1.29, 1.82) is 0 Å². The van der Waals surface area contributed by atoms with Crippen molar-refractivity contribution in [1.82, 2.24) is 9.80 Å². The normalized spacial score (nSPS) is 27.9. The Labute approximate surface area is 100 Å². The number of aliphatic hydroxyl groups is 1. The smallest absolute Gasteiger partial charge is 0.0446 e. The van der Waals surface area contributed by atoms with Crippen molar-refractivity contribution < 1.29 is 5.11 Å². The number of hydrogen-bond donors (Lipinski definition) is 1. The van der Waals surface area contributed by atoms with E-state index in [4.69, 9.17) is 0 Å². The molecule has 0 aliphatic carbocycles. The second kappa shape index (κ2) is 5.99. The van der Waals surface area contributed by atoms with Crippen molar-refractivity contribution in [2.24, 2.45) is 0 Å². The van der Waals surface area contributed by atoms with Gasteiger partial charge in [-0.3, -0.25) is 4.90 Å². The summed E-state index contributed by atoms with van der Waals surface area (Å²) in [6.07, 6.45) is 3.30. The number of aliphatic hydroxyl groups excluding tert-OH is 1. The highest BCUT2D eigenvalue weighted by Gasteiger charge is 2.34. The third kappa shape index (κ3) is 3.44.